The number of carboxylic acids is 1. The summed E-state index contributed by atoms with van der Waals surface area (Å²) in [5, 5.41) is 9.65. The molecule has 0 aromatic carbocycles. The minimum atomic E-state index is -0.981. The van der Waals surface area contributed by atoms with E-state index in [4.69, 9.17) is 5.11 Å². The first-order chi connectivity index (χ1) is 8.99. The van der Waals surface area contributed by atoms with Crippen molar-refractivity contribution in [2.75, 3.05) is 0 Å². The van der Waals surface area contributed by atoms with Gasteiger partial charge in [0.25, 0.3) is 0 Å². The highest BCUT2D eigenvalue weighted by molar-refractivity contribution is 7.99. The highest BCUT2D eigenvalue weighted by atomic mass is 32.2. The van der Waals surface area contributed by atoms with Crippen LogP contribution in [0.2, 0.25) is 0 Å². The van der Waals surface area contributed by atoms with Crippen molar-refractivity contribution in [2.24, 2.45) is 0 Å². The van der Waals surface area contributed by atoms with Crippen LogP contribution in [0.15, 0.2) is 28.5 Å². The number of nitrogens with zero attached hydrogens (tertiary/aromatic N) is 3. The Hall–Kier alpha value is -1.95. The molecule has 0 spiro atoms. The Morgan fingerprint density at radius 2 is 1.84 bits per heavy atom. The molecule has 98 valence electrons. The SMILES string of the molecule is Cc1nc(Sc2cnccc2C(=O)O)nc(C)c1C. The van der Waals surface area contributed by atoms with Gasteiger partial charge in [0.05, 0.1) is 5.56 Å². The zero-order chi connectivity index (χ0) is 14.0. The molecule has 2 aromatic rings. The van der Waals surface area contributed by atoms with E-state index in [-0.39, 0.29) is 5.56 Å². The number of pyridine rings is 1. The molecule has 0 amide bonds. The van der Waals surface area contributed by atoms with Crippen molar-refractivity contribution in [1.82, 2.24) is 15.0 Å². The minimum absolute atomic E-state index is 0.208. The normalized spacial score (nSPS) is 10.5. The van der Waals surface area contributed by atoms with Gasteiger partial charge in [0, 0.05) is 28.7 Å². The summed E-state index contributed by atoms with van der Waals surface area (Å²) in [4.78, 5) is 24.3. The van der Waals surface area contributed by atoms with Crippen LogP contribution >= 0.6 is 11.8 Å². The lowest BCUT2D eigenvalue weighted by molar-refractivity contribution is 0.0693. The Morgan fingerprint density at radius 3 is 2.42 bits per heavy atom. The van der Waals surface area contributed by atoms with Crippen molar-refractivity contribution in [3.63, 3.8) is 0 Å². The Kier molecular flexibility index (Phi) is 3.80. The van der Waals surface area contributed by atoms with Crippen LogP contribution in [0.1, 0.15) is 27.3 Å². The molecule has 5 nitrogen and oxygen atoms in total. The largest absolute Gasteiger partial charge is 0.478 e. The third-order valence-corrected chi connectivity index (χ3v) is 3.74. The van der Waals surface area contributed by atoms with Gasteiger partial charge in [0.15, 0.2) is 5.16 Å². The zero-order valence-electron chi connectivity index (χ0n) is 10.8. The number of hydrogen-bond acceptors (Lipinski definition) is 5. The number of rotatable bonds is 3. The van der Waals surface area contributed by atoms with Crippen molar-refractivity contribution in [2.45, 2.75) is 30.8 Å². The standard InChI is InChI=1S/C13H13N3O2S/c1-7-8(2)15-13(16-9(7)3)19-11-6-14-5-4-10(11)12(17)18/h4-6H,1-3H3,(H,17,18). The van der Waals surface area contributed by atoms with Crippen LogP contribution in [-0.2, 0) is 0 Å². The van der Waals surface area contributed by atoms with Crippen molar-refractivity contribution in [3.8, 4) is 0 Å². The molecule has 0 aliphatic rings. The molecule has 0 bridgehead atoms. The molecule has 0 aliphatic heterocycles. The molecule has 0 saturated carbocycles. The smallest absolute Gasteiger partial charge is 0.336 e. The van der Waals surface area contributed by atoms with Crippen LogP contribution in [0.5, 0.6) is 0 Å². The summed E-state index contributed by atoms with van der Waals surface area (Å²) >= 11 is 1.21. The first kappa shape index (κ1) is 13.5. The molecule has 0 atom stereocenters. The van der Waals surface area contributed by atoms with Crippen LogP contribution in [0.3, 0.4) is 0 Å². The van der Waals surface area contributed by atoms with Crippen molar-refractivity contribution < 1.29 is 9.90 Å². The van der Waals surface area contributed by atoms with Gasteiger partial charge in [-0.1, -0.05) is 0 Å². The number of aromatic carboxylic acids is 1. The summed E-state index contributed by atoms with van der Waals surface area (Å²) in [6.07, 6.45) is 2.97. The molecule has 2 rings (SSSR count). The van der Waals surface area contributed by atoms with Crippen LogP contribution in [0, 0.1) is 20.8 Å². The van der Waals surface area contributed by atoms with Gasteiger partial charge in [-0.3, -0.25) is 4.98 Å². The summed E-state index contributed by atoms with van der Waals surface area (Å²) in [6, 6.07) is 1.47. The molecular formula is C13H13N3O2S. The fourth-order valence-electron chi connectivity index (χ4n) is 1.52. The summed E-state index contributed by atoms with van der Waals surface area (Å²) in [6.45, 7) is 5.79. The van der Waals surface area contributed by atoms with E-state index in [0.717, 1.165) is 17.0 Å². The molecule has 0 saturated heterocycles. The van der Waals surface area contributed by atoms with E-state index in [1.165, 1.54) is 30.2 Å². The Balaban J connectivity index is 2.39. The summed E-state index contributed by atoms with van der Waals surface area (Å²) in [7, 11) is 0. The second-order valence-electron chi connectivity index (χ2n) is 4.08. The van der Waals surface area contributed by atoms with E-state index in [1.807, 2.05) is 20.8 Å². The third-order valence-electron chi connectivity index (χ3n) is 2.83. The molecule has 6 heteroatoms. The monoisotopic (exact) mass is 275 g/mol. The third kappa shape index (κ3) is 2.90. The van der Waals surface area contributed by atoms with Gasteiger partial charge in [-0.25, -0.2) is 14.8 Å². The number of hydrogen-bond donors (Lipinski definition) is 1. The van der Waals surface area contributed by atoms with Gasteiger partial charge in [-0.15, -0.1) is 0 Å². The van der Waals surface area contributed by atoms with Gasteiger partial charge in [0.1, 0.15) is 0 Å². The average Bonchev–Trinajstić information content (AvgIpc) is 2.36. The van der Waals surface area contributed by atoms with E-state index in [2.05, 4.69) is 15.0 Å². The van der Waals surface area contributed by atoms with Crippen LogP contribution in [-0.4, -0.2) is 26.0 Å². The molecule has 2 heterocycles. The summed E-state index contributed by atoms with van der Waals surface area (Å²) in [5.41, 5.74) is 3.06. The van der Waals surface area contributed by atoms with Crippen LogP contribution in [0.25, 0.3) is 0 Å². The molecule has 0 radical (unpaired) electrons. The van der Waals surface area contributed by atoms with Gasteiger partial charge in [0.2, 0.25) is 0 Å². The Bertz CT molecular complexity index is 621. The lowest BCUT2D eigenvalue weighted by atomic mass is 10.2. The van der Waals surface area contributed by atoms with E-state index in [0.29, 0.717) is 10.1 Å². The minimum Gasteiger partial charge on any atom is -0.478 e. The summed E-state index contributed by atoms with van der Waals surface area (Å²) in [5.74, 6) is -0.981. The topological polar surface area (TPSA) is 76.0 Å². The Morgan fingerprint density at radius 1 is 1.21 bits per heavy atom. The van der Waals surface area contributed by atoms with Crippen LogP contribution in [0.4, 0.5) is 0 Å². The van der Waals surface area contributed by atoms with E-state index in [1.54, 1.807) is 0 Å². The lowest BCUT2D eigenvalue weighted by Crippen LogP contribution is -2.01. The molecule has 19 heavy (non-hydrogen) atoms. The maximum absolute atomic E-state index is 11.1. The predicted octanol–water partition coefficient (Wildman–Crippen LogP) is 2.65. The molecular weight excluding hydrogens is 262 g/mol. The highest BCUT2D eigenvalue weighted by Crippen LogP contribution is 2.28. The van der Waals surface area contributed by atoms with E-state index < -0.39 is 5.97 Å². The van der Waals surface area contributed by atoms with E-state index >= 15 is 0 Å². The van der Waals surface area contributed by atoms with Gasteiger partial charge < -0.3 is 5.11 Å². The first-order valence-electron chi connectivity index (χ1n) is 5.66. The van der Waals surface area contributed by atoms with Crippen LogP contribution < -0.4 is 0 Å². The maximum Gasteiger partial charge on any atom is 0.336 e. The fourth-order valence-corrected chi connectivity index (χ4v) is 2.46. The number of carboxylic acid groups (broad SMARTS) is 1. The second-order valence-corrected chi connectivity index (χ2v) is 5.09. The maximum atomic E-state index is 11.1. The molecule has 0 unspecified atom stereocenters. The second kappa shape index (κ2) is 5.36. The first-order valence-corrected chi connectivity index (χ1v) is 6.47. The molecule has 0 aliphatic carbocycles. The van der Waals surface area contributed by atoms with Crippen molar-refractivity contribution in [1.29, 1.82) is 0 Å². The fraction of sp³-hybridized carbons (Fsp3) is 0.231. The zero-order valence-corrected chi connectivity index (χ0v) is 11.7. The van der Waals surface area contributed by atoms with Crippen molar-refractivity contribution in [3.05, 3.63) is 41.0 Å². The predicted molar refractivity (Wildman–Crippen MR) is 71.6 cm³/mol. The molecule has 1 N–H and O–H groups in total. The summed E-state index contributed by atoms with van der Waals surface area (Å²) < 4.78 is 0. The number of aromatic nitrogens is 3. The van der Waals surface area contributed by atoms with E-state index in [9.17, 15) is 4.79 Å². The Labute approximate surface area is 115 Å². The highest BCUT2D eigenvalue weighted by Gasteiger charge is 2.13. The van der Waals surface area contributed by atoms with Gasteiger partial charge >= 0.3 is 5.97 Å². The number of aryl methyl sites for hydroxylation is 2. The lowest BCUT2D eigenvalue weighted by Gasteiger charge is -2.07. The molecule has 2 aromatic heterocycles. The number of carbonyl (C=O) groups is 1. The van der Waals surface area contributed by atoms with Gasteiger partial charge in [-0.2, -0.15) is 0 Å². The average molecular weight is 275 g/mol. The molecule has 0 fully saturated rings. The van der Waals surface area contributed by atoms with Gasteiger partial charge in [-0.05, 0) is 44.2 Å². The van der Waals surface area contributed by atoms with Crippen molar-refractivity contribution >= 4 is 17.7 Å². The quantitative estimate of drug-likeness (QED) is 0.868.